The Kier molecular flexibility index (Phi) is 8.90. The Labute approximate surface area is 184 Å². The molecule has 0 unspecified atom stereocenters. The van der Waals surface area contributed by atoms with Gasteiger partial charge >= 0.3 is 6.09 Å². The van der Waals surface area contributed by atoms with Gasteiger partial charge in [-0.3, -0.25) is 9.59 Å². The van der Waals surface area contributed by atoms with Crippen molar-refractivity contribution >= 4 is 24.0 Å². The molecule has 1 aromatic rings. The summed E-state index contributed by atoms with van der Waals surface area (Å²) in [5.74, 6) is 0.777. The smallest absolute Gasteiger partial charge is 0.408 e. The van der Waals surface area contributed by atoms with E-state index in [0.29, 0.717) is 25.6 Å². The summed E-state index contributed by atoms with van der Waals surface area (Å²) in [7, 11) is 1.60. The van der Waals surface area contributed by atoms with Gasteiger partial charge in [-0.1, -0.05) is 12.1 Å². The number of carbonyl (C=O) groups excluding carboxylic acids is 3. The summed E-state index contributed by atoms with van der Waals surface area (Å²) in [6, 6.07) is 7.47. The van der Waals surface area contributed by atoms with E-state index in [9.17, 15) is 14.4 Å². The van der Waals surface area contributed by atoms with Crippen molar-refractivity contribution in [2.24, 2.45) is 5.92 Å². The number of nitrogens with zero attached hydrogens (tertiary/aromatic N) is 1. The third-order valence-electron chi connectivity index (χ3n) is 4.84. The first kappa shape index (κ1) is 24.2. The van der Waals surface area contributed by atoms with E-state index in [1.54, 1.807) is 38.9 Å². The predicted octanol–water partition coefficient (Wildman–Crippen LogP) is 2.59. The summed E-state index contributed by atoms with van der Waals surface area (Å²) in [5.41, 5.74) is 0.292. The Morgan fingerprint density at radius 3 is 2.52 bits per heavy atom. The number of methoxy groups -OCH3 is 1. The lowest BCUT2D eigenvalue weighted by Crippen LogP contribution is -2.46. The highest BCUT2D eigenvalue weighted by Crippen LogP contribution is 2.17. The summed E-state index contributed by atoms with van der Waals surface area (Å²) in [5, 5.41) is 5.42. The molecule has 31 heavy (non-hydrogen) atoms. The van der Waals surface area contributed by atoms with Crippen LogP contribution in [0.1, 0.15) is 39.2 Å². The number of ether oxygens (including phenoxy) is 2. The van der Waals surface area contributed by atoms with Crippen LogP contribution in [0.25, 0.3) is 6.08 Å². The zero-order valence-corrected chi connectivity index (χ0v) is 18.8. The second-order valence-electron chi connectivity index (χ2n) is 8.53. The average Bonchev–Trinajstić information content (AvgIpc) is 2.74. The molecule has 1 heterocycles. The maximum atomic E-state index is 12.3. The number of amides is 3. The third kappa shape index (κ3) is 9.11. The number of alkyl carbamates (subject to hydrolysis) is 1. The van der Waals surface area contributed by atoms with Crippen molar-refractivity contribution in [2.75, 3.05) is 33.3 Å². The van der Waals surface area contributed by atoms with Crippen molar-refractivity contribution in [1.29, 1.82) is 0 Å². The van der Waals surface area contributed by atoms with Crippen LogP contribution in [-0.2, 0) is 14.3 Å². The van der Waals surface area contributed by atoms with Gasteiger partial charge in [-0.15, -0.1) is 0 Å². The van der Waals surface area contributed by atoms with Gasteiger partial charge in [0.15, 0.2) is 0 Å². The fraction of sp³-hybridized carbons (Fsp3) is 0.522. The molecule has 1 fully saturated rings. The molecule has 1 aromatic carbocycles. The molecular weight excluding hydrogens is 398 g/mol. The van der Waals surface area contributed by atoms with Gasteiger partial charge in [-0.05, 0) is 63.3 Å². The molecule has 0 aliphatic carbocycles. The minimum Gasteiger partial charge on any atom is -0.497 e. The first-order valence-electron chi connectivity index (χ1n) is 10.5. The molecule has 0 radical (unpaired) electrons. The molecule has 1 aliphatic rings. The van der Waals surface area contributed by atoms with Crippen LogP contribution in [0, 0.1) is 5.92 Å². The van der Waals surface area contributed by atoms with Crippen LogP contribution < -0.4 is 15.4 Å². The summed E-state index contributed by atoms with van der Waals surface area (Å²) >= 11 is 0. The predicted molar refractivity (Wildman–Crippen MR) is 119 cm³/mol. The summed E-state index contributed by atoms with van der Waals surface area (Å²) in [4.78, 5) is 37.8. The van der Waals surface area contributed by atoms with Gasteiger partial charge in [0.05, 0.1) is 7.11 Å². The van der Waals surface area contributed by atoms with Gasteiger partial charge in [-0.2, -0.15) is 0 Å². The van der Waals surface area contributed by atoms with Gasteiger partial charge in [0.1, 0.15) is 17.9 Å². The molecule has 3 amide bonds. The average molecular weight is 432 g/mol. The molecule has 1 saturated heterocycles. The number of benzene rings is 1. The van der Waals surface area contributed by atoms with Gasteiger partial charge in [0.25, 0.3) is 0 Å². The zero-order valence-electron chi connectivity index (χ0n) is 18.8. The van der Waals surface area contributed by atoms with E-state index in [0.717, 1.165) is 24.2 Å². The van der Waals surface area contributed by atoms with Crippen molar-refractivity contribution in [1.82, 2.24) is 15.5 Å². The fourth-order valence-electron chi connectivity index (χ4n) is 3.18. The van der Waals surface area contributed by atoms with Crippen LogP contribution in [0.15, 0.2) is 30.3 Å². The van der Waals surface area contributed by atoms with E-state index in [1.807, 2.05) is 24.3 Å². The Hall–Kier alpha value is -3.03. The first-order chi connectivity index (χ1) is 14.7. The van der Waals surface area contributed by atoms with Crippen molar-refractivity contribution in [3.05, 3.63) is 35.9 Å². The van der Waals surface area contributed by atoms with E-state index in [-0.39, 0.29) is 18.4 Å². The Morgan fingerprint density at radius 2 is 1.87 bits per heavy atom. The Balaban J connectivity index is 1.67. The Morgan fingerprint density at radius 1 is 1.16 bits per heavy atom. The maximum Gasteiger partial charge on any atom is 0.408 e. The van der Waals surface area contributed by atoms with Crippen LogP contribution in [0.2, 0.25) is 0 Å². The highest BCUT2D eigenvalue weighted by atomic mass is 16.6. The summed E-state index contributed by atoms with van der Waals surface area (Å²) < 4.78 is 10.3. The summed E-state index contributed by atoms with van der Waals surface area (Å²) in [6.45, 7) is 7.01. The largest absolute Gasteiger partial charge is 0.497 e. The van der Waals surface area contributed by atoms with Gasteiger partial charge < -0.3 is 25.0 Å². The topological polar surface area (TPSA) is 97.0 Å². The van der Waals surface area contributed by atoms with Gasteiger partial charge in [0, 0.05) is 25.7 Å². The van der Waals surface area contributed by atoms with Crippen molar-refractivity contribution in [3.8, 4) is 5.75 Å². The van der Waals surface area contributed by atoms with Crippen molar-refractivity contribution in [3.63, 3.8) is 0 Å². The second kappa shape index (κ2) is 11.4. The van der Waals surface area contributed by atoms with Crippen molar-refractivity contribution < 1.29 is 23.9 Å². The molecule has 0 bridgehead atoms. The molecule has 8 heteroatoms. The summed E-state index contributed by atoms with van der Waals surface area (Å²) in [6.07, 6.45) is 4.27. The van der Waals surface area contributed by atoms with E-state index < -0.39 is 11.7 Å². The molecule has 0 atom stereocenters. The van der Waals surface area contributed by atoms with Crippen LogP contribution in [0.4, 0.5) is 4.79 Å². The van der Waals surface area contributed by atoms with E-state index in [2.05, 4.69) is 10.6 Å². The second-order valence-corrected chi connectivity index (χ2v) is 8.53. The standard InChI is InChI=1S/C23H33N3O5/c1-23(2,3)31-22(29)25-16-21(28)26-12-10-18(11-13-26)15-24-20(27)9-8-17-6-5-7-19(14-17)30-4/h5-9,14,18H,10-13,15-16H2,1-4H3,(H,24,27)(H,25,29)/b9-8+. The normalized spacial score (nSPS) is 14.9. The molecule has 8 nitrogen and oxygen atoms in total. The SMILES string of the molecule is COc1cccc(/C=C/C(=O)NCC2CCN(C(=O)CNC(=O)OC(C)(C)C)CC2)c1. The van der Waals surface area contributed by atoms with Crippen LogP contribution >= 0.6 is 0 Å². The number of piperidine rings is 1. The molecule has 2 rings (SSSR count). The van der Waals surface area contributed by atoms with E-state index in [4.69, 9.17) is 9.47 Å². The van der Waals surface area contributed by atoms with Crippen LogP contribution in [0.5, 0.6) is 5.75 Å². The minimum absolute atomic E-state index is 0.0780. The molecule has 2 N–H and O–H groups in total. The van der Waals surface area contributed by atoms with Crippen LogP contribution in [0.3, 0.4) is 0 Å². The van der Waals surface area contributed by atoms with Gasteiger partial charge in [-0.25, -0.2) is 4.79 Å². The minimum atomic E-state index is -0.598. The molecule has 0 saturated carbocycles. The molecule has 0 aromatic heterocycles. The van der Waals surface area contributed by atoms with Crippen molar-refractivity contribution in [2.45, 2.75) is 39.2 Å². The number of carbonyl (C=O) groups is 3. The molecule has 0 spiro atoms. The number of hydrogen-bond acceptors (Lipinski definition) is 5. The lowest BCUT2D eigenvalue weighted by Gasteiger charge is -2.32. The number of nitrogens with one attached hydrogen (secondary N) is 2. The zero-order chi connectivity index (χ0) is 22.9. The fourth-order valence-corrected chi connectivity index (χ4v) is 3.18. The maximum absolute atomic E-state index is 12.3. The molecular formula is C23H33N3O5. The number of likely N-dealkylation sites (tertiary alicyclic amines) is 1. The Bertz CT molecular complexity index is 793. The lowest BCUT2D eigenvalue weighted by molar-refractivity contribution is -0.131. The number of hydrogen-bond donors (Lipinski definition) is 2. The first-order valence-corrected chi connectivity index (χ1v) is 10.5. The quantitative estimate of drug-likeness (QED) is 0.647. The van der Waals surface area contributed by atoms with Crippen LogP contribution in [-0.4, -0.2) is 61.7 Å². The van der Waals surface area contributed by atoms with E-state index >= 15 is 0 Å². The molecule has 1 aliphatic heterocycles. The molecule has 170 valence electrons. The highest BCUT2D eigenvalue weighted by molar-refractivity contribution is 5.91. The monoisotopic (exact) mass is 431 g/mol. The van der Waals surface area contributed by atoms with Gasteiger partial charge in [0.2, 0.25) is 11.8 Å². The lowest BCUT2D eigenvalue weighted by atomic mass is 9.96. The number of rotatable bonds is 7. The highest BCUT2D eigenvalue weighted by Gasteiger charge is 2.24. The van der Waals surface area contributed by atoms with E-state index in [1.165, 1.54) is 6.08 Å². The third-order valence-corrected chi connectivity index (χ3v) is 4.84.